The Balaban J connectivity index is 1.49. The number of benzene rings is 5. The zero-order valence-corrected chi connectivity index (χ0v) is 31.4. The van der Waals surface area contributed by atoms with E-state index in [4.69, 9.17) is 30.5 Å². The van der Waals surface area contributed by atoms with Crippen LogP contribution < -0.4 is 15.2 Å². The van der Waals surface area contributed by atoms with Crippen LogP contribution in [0.15, 0.2) is 123 Å². The van der Waals surface area contributed by atoms with Gasteiger partial charge in [-0.05, 0) is 60.0 Å². The number of nitrogen functional groups attached to an aromatic ring is 1. The van der Waals surface area contributed by atoms with Crippen molar-refractivity contribution in [3.63, 3.8) is 0 Å². The van der Waals surface area contributed by atoms with Gasteiger partial charge in [0.2, 0.25) is 0 Å². The average Bonchev–Trinajstić information content (AvgIpc) is 3.19. The fraction of sp³-hybridized carbons (Fsp3) is 0.0938. The van der Waals surface area contributed by atoms with Gasteiger partial charge in [0.25, 0.3) is 10.1 Å². The zero-order valence-electron chi connectivity index (χ0n) is 28.9. The summed E-state index contributed by atoms with van der Waals surface area (Å²) in [6.07, 6.45) is 1.14. The molecule has 0 heterocycles. The highest BCUT2D eigenvalue weighted by atomic mass is 32.2. The van der Waals surface area contributed by atoms with E-state index < -0.39 is 20.8 Å². The molecule has 5 aromatic rings. The number of phenolic OH excluding ortho intramolecular Hbond substituents is 1. The Kier molecular flexibility index (Phi) is 14.2. The maximum atomic E-state index is 11.8. The molecule has 0 aliphatic rings. The van der Waals surface area contributed by atoms with Crippen LogP contribution >= 0.6 is 24.1 Å². The number of ether oxygens (including phenoxy) is 3. The largest absolute Gasteiger partial charge is 0.505 e. The number of aromatic hydroxyl groups is 1. The molecule has 0 amide bonds. The normalized spacial score (nSPS) is 12.2. The monoisotopic (exact) mass is 828 g/mol. The molecule has 0 bridgehead atoms. The first kappa shape index (κ1) is 41.4. The maximum Gasteiger partial charge on any atom is 0.296 e. The van der Waals surface area contributed by atoms with Gasteiger partial charge in [-0.2, -0.15) is 18.6 Å². The minimum atomic E-state index is -4.71. The number of aliphatic imine (C=N–C) groups is 1. The first-order valence-corrected chi connectivity index (χ1v) is 18.1. The van der Waals surface area contributed by atoms with Crippen LogP contribution in [0, 0.1) is 0 Å². The fourth-order valence-corrected chi connectivity index (χ4v) is 6.24. The predicted octanol–water partition coefficient (Wildman–Crippen LogP) is 9.80. The van der Waals surface area contributed by atoms with Gasteiger partial charge in [-0.25, -0.2) is 15.5 Å². The van der Waals surface area contributed by atoms with Crippen LogP contribution in [0.2, 0.25) is 0 Å². The van der Waals surface area contributed by atoms with E-state index in [9.17, 15) is 18.1 Å². The number of anilines is 1. The number of hydrogen-bond acceptors (Lipinski definition) is 22. The quantitative estimate of drug-likeness (QED) is 0.00851. The summed E-state index contributed by atoms with van der Waals surface area (Å²) in [5.74, 6) is -0.0515. The van der Waals surface area contributed by atoms with Crippen LogP contribution in [0.3, 0.4) is 0 Å². The first-order chi connectivity index (χ1) is 27.0. The van der Waals surface area contributed by atoms with Crippen molar-refractivity contribution in [1.82, 2.24) is 0 Å². The molecule has 0 radical (unpaired) electrons. The van der Waals surface area contributed by atoms with E-state index in [1.165, 1.54) is 39.5 Å². The van der Waals surface area contributed by atoms with Gasteiger partial charge in [0, 0.05) is 22.4 Å². The van der Waals surface area contributed by atoms with Crippen molar-refractivity contribution in [3.05, 3.63) is 72.8 Å². The van der Waals surface area contributed by atoms with Gasteiger partial charge in [-0.1, -0.05) is 16.1 Å². The maximum absolute atomic E-state index is 11.8. The van der Waals surface area contributed by atoms with Crippen molar-refractivity contribution in [3.8, 4) is 17.2 Å². The lowest BCUT2D eigenvalue weighted by molar-refractivity contribution is -0.432. The molecular formula is C32H28N8O13S3. The number of phenols is 1. The standard InChI is InChI=1S/C32H28N8O13S3/c1-47-16-34-24-14-26(39-40-31-29(55-53-51-43)9-17-10-30(56(44,45)46)22(33)13-21(17)32(31)41)28(49-3)15-25(24)38-37-23-8-7-19(12-27(23)48-2)36-35-18-5-4-6-20(11-18)54-52-50-42/h4-16,41-43H,33H2,1-3H3,(H,44,45,46)/b34-16-,36-35?,38-37?,40-39?. The van der Waals surface area contributed by atoms with Crippen LogP contribution in [-0.4, -0.2) is 56.3 Å². The molecule has 0 spiro atoms. The number of fused-ring (bicyclic) bond motifs is 1. The molecule has 0 atom stereocenters. The summed E-state index contributed by atoms with van der Waals surface area (Å²) in [5, 5.41) is 61.3. The molecule has 0 saturated heterocycles. The molecule has 292 valence electrons. The molecule has 0 saturated carbocycles. The lowest BCUT2D eigenvalue weighted by Gasteiger charge is -2.12. The van der Waals surface area contributed by atoms with Crippen molar-refractivity contribution in [1.29, 1.82) is 0 Å². The second-order valence-corrected chi connectivity index (χ2v) is 13.5. The predicted molar refractivity (Wildman–Crippen MR) is 201 cm³/mol. The summed E-state index contributed by atoms with van der Waals surface area (Å²) in [6.45, 7) is 0. The van der Waals surface area contributed by atoms with E-state index in [0.29, 0.717) is 39.7 Å². The molecular weight excluding hydrogens is 801 g/mol. The Labute approximate surface area is 325 Å². The highest BCUT2D eigenvalue weighted by Gasteiger charge is 2.21. The van der Waals surface area contributed by atoms with E-state index >= 15 is 0 Å². The lowest BCUT2D eigenvalue weighted by atomic mass is 10.1. The molecule has 6 N–H and O–H groups in total. The molecule has 5 rings (SSSR count). The number of nitrogens with zero attached hydrogens (tertiary/aromatic N) is 7. The van der Waals surface area contributed by atoms with Gasteiger partial charge in [0.05, 0.1) is 73.1 Å². The van der Waals surface area contributed by atoms with Crippen LogP contribution in [-0.2, 0) is 33.6 Å². The number of azo groups is 3. The highest BCUT2D eigenvalue weighted by molar-refractivity contribution is 7.95. The average molecular weight is 829 g/mol. The van der Waals surface area contributed by atoms with Gasteiger partial charge in [0.15, 0.2) is 12.2 Å². The summed E-state index contributed by atoms with van der Waals surface area (Å²) in [5.41, 5.74) is 7.05. The molecule has 0 fully saturated rings. The Bertz CT molecular complexity index is 2450. The molecule has 5 aromatic carbocycles. The molecule has 0 aliphatic heterocycles. The Morgan fingerprint density at radius 2 is 1.39 bits per heavy atom. The van der Waals surface area contributed by atoms with Crippen LogP contribution in [0.25, 0.3) is 10.8 Å². The van der Waals surface area contributed by atoms with E-state index in [1.807, 2.05) is 0 Å². The molecule has 0 aromatic heterocycles. The van der Waals surface area contributed by atoms with Gasteiger partial charge in [-0.3, -0.25) is 4.55 Å². The van der Waals surface area contributed by atoms with Gasteiger partial charge in [-0.15, -0.1) is 29.1 Å². The van der Waals surface area contributed by atoms with E-state index in [2.05, 4.69) is 54.4 Å². The van der Waals surface area contributed by atoms with E-state index in [0.717, 1.165) is 30.6 Å². The van der Waals surface area contributed by atoms with Crippen LogP contribution in [0.5, 0.6) is 17.2 Å². The van der Waals surface area contributed by atoms with Crippen molar-refractivity contribution in [2.24, 2.45) is 35.7 Å². The van der Waals surface area contributed by atoms with Crippen molar-refractivity contribution in [2.45, 2.75) is 14.7 Å². The van der Waals surface area contributed by atoms with Crippen molar-refractivity contribution in [2.75, 3.05) is 27.1 Å². The van der Waals surface area contributed by atoms with Crippen molar-refractivity contribution >= 4 is 96.9 Å². The molecule has 0 unspecified atom stereocenters. The van der Waals surface area contributed by atoms with Gasteiger partial charge >= 0.3 is 0 Å². The summed E-state index contributed by atoms with van der Waals surface area (Å²) in [6, 6.07) is 18.1. The second-order valence-electron chi connectivity index (χ2n) is 10.5. The van der Waals surface area contributed by atoms with Crippen molar-refractivity contribution < 1.29 is 61.5 Å². The third-order valence-electron chi connectivity index (χ3n) is 7.13. The van der Waals surface area contributed by atoms with Gasteiger partial charge < -0.3 is 25.1 Å². The summed E-state index contributed by atoms with van der Waals surface area (Å²) < 4.78 is 58.3. The number of rotatable bonds is 17. The molecule has 0 aliphatic carbocycles. The summed E-state index contributed by atoms with van der Waals surface area (Å²) >= 11 is 1.19. The minimum Gasteiger partial charge on any atom is -0.505 e. The topological polar surface area (TPSA) is 292 Å². The van der Waals surface area contributed by atoms with Crippen LogP contribution in [0.1, 0.15) is 0 Å². The smallest absolute Gasteiger partial charge is 0.296 e. The molecule has 24 heteroatoms. The number of hydrogen-bond donors (Lipinski definition) is 5. The van der Waals surface area contributed by atoms with E-state index in [-0.39, 0.29) is 49.9 Å². The Hall–Kier alpha value is -5.80. The summed E-state index contributed by atoms with van der Waals surface area (Å²) in [7, 11) is -0.507. The lowest BCUT2D eigenvalue weighted by Crippen LogP contribution is -2.03. The third kappa shape index (κ3) is 10.3. The molecule has 56 heavy (non-hydrogen) atoms. The number of methoxy groups -OCH3 is 3. The minimum absolute atomic E-state index is 0.00417. The third-order valence-corrected chi connectivity index (χ3v) is 9.24. The number of nitrogens with two attached hydrogens (primary N) is 1. The SMILES string of the molecule is CO/C=N\c1cc(N=Nc2c(SOOO)cc3cc(S(=O)(=O)O)c(N)cc3c2O)c(OC)cc1N=Nc1ccc(N=Nc2cccc(SOOO)c2)cc1OC. The Morgan fingerprint density at radius 1 is 0.714 bits per heavy atom. The zero-order chi connectivity index (χ0) is 40.2. The van der Waals surface area contributed by atoms with Gasteiger partial charge in [0.1, 0.15) is 39.1 Å². The first-order valence-electron chi connectivity index (χ1n) is 15.2. The fourth-order valence-electron chi connectivity index (χ4n) is 4.70. The Morgan fingerprint density at radius 3 is 2.09 bits per heavy atom. The van der Waals surface area contributed by atoms with Crippen LogP contribution in [0.4, 0.5) is 45.5 Å². The second kappa shape index (κ2) is 19.2. The molecule has 21 nitrogen and oxygen atoms in total. The summed E-state index contributed by atoms with van der Waals surface area (Å²) in [4.78, 5) is 4.27. The highest BCUT2D eigenvalue weighted by Crippen LogP contribution is 2.47. The van der Waals surface area contributed by atoms with E-state index in [1.54, 1.807) is 42.5 Å².